The lowest BCUT2D eigenvalue weighted by atomic mass is 10.2. The van der Waals surface area contributed by atoms with Crippen LogP contribution in [0.2, 0.25) is 0 Å². The SMILES string of the molecule is Cc1ccc(OCCOc2cccc(NCCN)c2)cc1. The molecule has 0 amide bonds. The molecule has 2 rings (SSSR count). The first kappa shape index (κ1) is 15.2. The first-order valence-corrected chi connectivity index (χ1v) is 7.14. The number of hydrogen-bond donors (Lipinski definition) is 2. The van der Waals surface area contributed by atoms with Gasteiger partial charge in [0.1, 0.15) is 24.7 Å². The van der Waals surface area contributed by atoms with Crippen molar-refractivity contribution in [2.24, 2.45) is 5.73 Å². The summed E-state index contributed by atoms with van der Waals surface area (Å²) in [5.74, 6) is 1.69. The second kappa shape index (κ2) is 8.17. The van der Waals surface area contributed by atoms with Crippen LogP contribution in [0.4, 0.5) is 5.69 Å². The fraction of sp³-hybridized carbons (Fsp3) is 0.294. The van der Waals surface area contributed by atoms with Gasteiger partial charge in [-0.25, -0.2) is 0 Å². The maximum atomic E-state index is 5.68. The van der Waals surface area contributed by atoms with Crippen molar-refractivity contribution in [2.75, 3.05) is 31.6 Å². The molecule has 0 saturated carbocycles. The molecule has 0 bridgehead atoms. The lowest BCUT2D eigenvalue weighted by molar-refractivity contribution is 0.217. The highest BCUT2D eigenvalue weighted by molar-refractivity contribution is 5.48. The number of nitrogens with one attached hydrogen (secondary N) is 1. The molecular weight excluding hydrogens is 264 g/mol. The van der Waals surface area contributed by atoms with Gasteiger partial charge in [-0.2, -0.15) is 0 Å². The van der Waals surface area contributed by atoms with E-state index in [9.17, 15) is 0 Å². The number of aryl methyl sites for hydroxylation is 1. The Balaban J connectivity index is 1.74. The number of anilines is 1. The molecule has 2 aromatic rings. The molecule has 4 nitrogen and oxygen atoms in total. The van der Waals surface area contributed by atoms with Crippen molar-refractivity contribution >= 4 is 5.69 Å². The molecule has 0 heterocycles. The predicted octanol–water partition coefficient (Wildman–Crippen LogP) is 2.82. The minimum absolute atomic E-state index is 0.508. The Morgan fingerprint density at radius 1 is 0.952 bits per heavy atom. The number of benzene rings is 2. The Morgan fingerprint density at radius 2 is 1.67 bits per heavy atom. The zero-order valence-corrected chi connectivity index (χ0v) is 12.3. The molecule has 21 heavy (non-hydrogen) atoms. The van der Waals surface area contributed by atoms with Crippen molar-refractivity contribution in [1.29, 1.82) is 0 Å². The molecule has 0 aliphatic heterocycles. The van der Waals surface area contributed by atoms with Crippen LogP contribution in [0.1, 0.15) is 5.56 Å². The zero-order chi connectivity index (χ0) is 14.9. The van der Waals surface area contributed by atoms with Gasteiger partial charge < -0.3 is 20.5 Å². The van der Waals surface area contributed by atoms with Crippen LogP contribution < -0.4 is 20.5 Å². The first-order valence-electron chi connectivity index (χ1n) is 7.14. The molecule has 3 N–H and O–H groups in total. The summed E-state index contributed by atoms with van der Waals surface area (Å²) in [6, 6.07) is 15.8. The van der Waals surface area contributed by atoms with Gasteiger partial charge in [0.15, 0.2) is 0 Å². The number of hydrogen-bond acceptors (Lipinski definition) is 4. The van der Waals surface area contributed by atoms with Crippen molar-refractivity contribution in [3.05, 3.63) is 54.1 Å². The Kier molecular flexibility index (Phi) is 5.91. The van der Waals surface area contributed by atoms with Gasteiger partial charge in [-0.1, -0.05) is 23.8 Å². The summed E-state index contributed by atoms with van der Waals surface area (Å²) in [5.41, 5.74) is 7.70. The molecule has 0 aliphatic carbocycles. The van der Waals surface area contributed by atoms with E-state index in [4.69, 9.17) is 15.2 Å². The van der Waals surface area contributed by atoms with Gasteiger partial charge in [0.25, 0.3) is 0 Å². The number of rotatable bonds is 8. The van der Waals surface area contributed by atoms with E-state index in [0.29, 0.717) is 19.8 Å². The van der Waals surface area contributed by atoms with Crippen molar-refractivity contribution in [3.8, 4) is 11.5 Å². The molecule has 0 spiro atoms. The van der Waals surface area contributed by atoms with Gasteiger partial charge in [-0.15, -0.1) is 0 Å². The Labute approximate surface area is 125 Å². The van der Waals surface area contributed by atoms with Crippen molar-refractivity contribution < 1.29 is 9.47 Å². The second-order valence-corrected chi connectivity index (χ2v) is 4.75. The molecule has 112 valence electrons. The molecule has 4 heteroatoms. The van der Waals surface area contributed by atoms with Crippen molar-refractivity contribution in [1.82, 2.24) is 0 Å². The van der Waals surface area contributed by atoms with Crippen molar-refractivity contribution in [2.45, 2.75) is 6.92 Å². The summed E-state index contributed by atoms with van der Waals surface area (Å²) in [6.45, 7) is 4.44. The summed E-state index contributed by atoms with van der Waals surface area (Å²) >= 11 is 0. The summed E-state index contributed by atoms with van der Waals surface area (Å²) < 4.78 is 11.3. The fourth-order valence-corrected chi connectivity index (χ4v) is 1.87. The van der Waals surface area contributed by atoms with Crippen LogP contribution >= 0.6 is 0 Å². The summed E-state index contributed by atoms with van der Waals surface area (Å²) in [4.78, 5) is 0. The van der Waals surface area contributed by atoms with Crippen LogP contribution in [0.5, 0.6) is 11.5 Å². The minimum Gasteiger partial charge on any atom is -0.490 e. The zero-order valence-electron chi connectivity index (χ0n) is 12.3. The number of ether oxygens (including phenoxy) is 2. The third-order valence-electron chi connectivity index (χ3n) is 2.95. The standard InChI is InChI=1S/C17H22N2O2/c1-14-5-7-16(8-6-14)20-11-12-21-17-4-2-3-15(13-17)19-10-9-18/h2-8,13,19H,9-12,18H2,1H3. The Hall–Kier alpha value is -2.20. The second-order valence-electron chi connectivity index (χ2n) is 4.75. The van der Waals surface area contributed by atoms with Crippen LogP contribution in [0, 0.1) is 6.92 Å². The van der Waals surface area contributed by atoms with Crippen LogP contribution in [0.3, 0.4) is 0 Å². The van der Waals surface area contributed by atoms with Gasteiger partial charge in [0.2, 0.25) is 0 Å². The smallest absolute Gasteiger partial charge is 0.122 e. The van der Waals surface area contributed by atoms with E-state index >= 15 is 0 Å². The van der Waals surface area contributed by atoms with Gasteiger partial charge in [-0.3, -0.25) is 0 Å². The topological polar surface area (TPSA) is 56.5 Å². The third-order valence-corrected chi connectivity index (χ3v) is 2.95. The molecule has 0 saturated heterocycles. The van der Waals surface area contributed by atoms with Gasteiger partial charge in [-0.05, 0) is 31.2 Å². The molecule has 0 atom stereocenters. The molecular formula is C17H22N2O2. The highest BCUT2D eigenvalue weighted by Crippen LogP contribution is 2.17. The fourth-order valence-electron chi connectivity index (χ4n) is 1.87. The lowest BCUT2D eigenvalue weighted by Crippen LogP contribution is -2.13. The van der Waals surface area contributed by atoms with Crippen LogP contribution in [-0.2, 0) is 0 Å². The molecule has 2 aromatic carbocycles. The van der Waals surface area contributed by atoms with E-state index in [1.54, 1.807) is 0 Å². The van der Waals surface area contributed by atoms with Gasteiger partial charge in [0, 0.05) is 24.8 Å². The highest BCUT2D eigenvalue weighted by Gasteiger charge is 1.98. The van der Waals surface area contributed by atoms with Gasteiger partial charge >= 0.3 is 0 Å². The highest BCUT2D eigenvalue weighted by atomic mass is 16.5. The van der Waals surface area contributed by atoms with Crippen molar-refractivity contribution in [3.63, 3.8) is 0 Å². The Morgan fingerprint density at radius 3 is 2.38 bits per heavy atom. The number of nitrogens with two attached hydrogens (primary N) is 1. The maximum absolute atomic E-state index is 5.68. The molecule has 0 radical (unpaired) electrons. The van der Waals surface area contributed by atoms with E-state index < -0.39 is 0 Å². The summed E-state index contributed by atoms with van der Waals surface area (Å²) in [6.07, 6.45) is 0. The molecule has 0 fully saturated rings. The quantitative estimate of drug-likeness (QED) is 0.733. The third kappa shape index (κ3) is 5.36. The average molecular weight is 286 g/mol. The van der Waals surface area contributed by atoms with E-state index in [2.05, 4.69) is 12.2 Å². The van der Waals surface area contributed by atoms with Crippen LogP contribution in [0.25, 0.3) is 0 Å². The van der Waals surface area contributed by atoms with Crippen LogP contribution in [-0.4, -0.2) is 26.3 Å². The monoisotopic (exact) mass is 286 g/mol. The Bertz CT molecular complexity index is 541. The normalized spacial score (nSPS) is 10.2. The van der Waals surface area contributed by atoms with E-state index in [-0.39, 0.29) is 0 Å². The average Bonchev–Trinajstić information content (AvgIpc) is 2.52. The molecule has 0 aromatic heterocycles. The van der Waals surface area contributed by atoms with E-state index in [1.807, 2.05) is 48.5 Å². The van der Waals surface area contributed by atoms with E-state index in [0.717, 1.165) is 23.7 Å². The van der Waals surface area contributed by atoms with Crippen LogP contribution in [0.15, 0.2) is 48.5 Å². The molecule has 0 unspecified atom stereocenters. The molecule has 0 aliphatic rings. The minimum atomic E-state index is 0.508. The van der Waals surface area contributed by atoms with E-state index in [1.165, 1.54) is 5.56 Å². The summed E-state index contributed by atoms with van der Waals surface area (Å²) in [7, 11) is 0. The predicted molar refractivity (Wildman–Crippen MR) is 86.2 cm³/mol. The van der Waals surface area contributed by atoms with Gasteiger partial charge in [0.05, 0.1) is 0 Å². The lowest BCUT2D eigenvalue weighted by Gasteiger charge is -2.10. The maximum Gasteiger partial charge on any atom is 0.122 e. The largest absolute Gasteiger partial charge is 0.490 e. The summed E-state index contributed by atoms with van der Waals surface area (Å²) in [5, 5.41) is 3.22. The first-order chi connectivity index (χ1) is 10.3.